The van der Waals surface area contributed by atoms with Gasteiger partial charge in [0.15, 0.2) is 0 Å². The van der Waals surface area contributed by atoms with Crippen LogP contribution >= 0.6 is 7.82 Å². The Morgan fingerprint density at radius 2 is 0.917 bits per heavy atom. The fourth-order valence-corrected chi connectivity index (χ4v) is 8.03. The molecule has 60 heavy (non-hydrogen) atoms. The van der Waals surface area contributed by atoms with Crippen LogP contribution in [0.25, 0.3) is 0 Å². The van der Waals surface area contributed by atoms with Crippen LogP contribution in [0.5, 0.6) is 0 Å². The van der Waals surface area contributed by atoms with Gasteiger partial charge in [-0.05, 0) is 44.9 Å². The standard InChI is InChI=1S/C51H100NO7P/c1-6-8-10-12-14-16-18-20-22-24-26-28-30-32-34-36-38-40-42-44-51(53)59-50(49-58-60(54,55)57-47-45-52(3,4)5)48-56-46-43-41-39-37-35-33-31-29-27-25-23-21-19-17-15-13-11-9-7-2/h14,16,20,22,50H,6-13,15,17-19,21,23-49H2,1-5H3/p+1/b16-14-,22-20-. The average molecular weight is 871 g/mol. The van der Waals surface area contributed by atoms with E-state index in [1.807, 2.05) is 21.1 Å². The molecule has 0 aliphatic carbocycles. The number of allylic oxidation sites excluding steroid dienone is 4. The van der Waals surface area contributed by atoms with Crippen LogP contribution in [0, 0.1) is 0 Å². The second-order valence-corrected chi connectivity index (χ2v) is 20.0. The van der Waals surface area contributed by atoms with Gasteiger partial charge in [-0.1, -0.05) is 212 Å². The number of rotatable bonds is 48. The molecule has 0 bridgehead atoms. The zero-order valence-corrected chi connectivity index (χ0v) is 41.4. The predicted octanol–water partition coefficient (Wildman–Crippen LogP) is 15.6. The van der Waals surface area contributed by atoms with E-state index >= 15 is 0 Å². The van der Waals surface area contributed by atoms with Gasteiger partial charge >= 0.3 is 13.8 Å². The molecule has 2 atom stereocenters. The molecular weight excluding hydrogens is 770 g/mol. The highest BCUT2D eigenvalue weighted by molar-refractivity contribution is 7.47. The summed E-state index contributed by atoms with van der Waals surface area (Å²) >= 11 is 0. The van der Waals surface area contributed by atoms with Crippen LogP contribution < -0.4 is 0 Å². The van der Waals surface area contributed by atoms with Gasteiger partial charge in [-0.15, -0.1) is 0 Å². The Hall–Kier alpha value is -1.02. The van der Waals surface area contributed by atoms with Gasteiger partial charge < -0.3 is 18.9 Å². The summed E-state index contributed by atoms with van der Waals surface area (Å²) in [6.45, 7) is 5.65. The van der Waals surface area contributed by atoms with Crippen molar-refractivity contribution in [1.29, 1.82) is 0 Å². The van der Waals surface area contributed by atoms with Crippen LogP contribution in [0.3, 0.4) is 0 Å². The topological polar surface area (TPSA) is 91.3 Å². The van der Waals surface area contributed by atoms with E-state index in [1.54, 1.807) is 0 Å². The van der Waals surface area contributed by atoms with Crippen molar-refractivity contribution in [3.05, 3.63) is 24.3 Å². The van der Waals surface area contributed by atoms with E-state index in [2.05, 4.69) is 38.2 Å². The quantitative estimate of drug-likeness (QED) is 0.0214. The Morgan fingerprint density at radius 1 is 0.517 bits per heavy atom. The lowest BCUT2D eigenvalue weighted by atomic mass is 10.0. The SMILES string of the molecule is CCCCC/C=C\C/C=C\CCCCCCCCCCCC(=O)OC(COCCCCCCCCCCCCCCCCCCCCC)COP(=O)(O)OCC[N+](C)(C)C. The zero-order chi connectivity index (χ0) is 44.1. The summed E-state index contributed by atoms with van der Waals surface area (Å²) in [5.41, 5.74) is 0. The molecule has 1 N–H and O–H groups in total. The van der Waals surface area contributed by atoms with E-state index in [0.717, 1.165) is 38.5 Å². The number of quaternary nitrogens is 1. The number of carbonyl (C=O) groups is 1. The molecule has 0 aromatic heterocycles. The number of ether oxygens (including phenoxy) is 2. The first-order chi connectivity index (χ1) is 29.1. The third-order valence-corrected chi connectivity index (χ3v) is 12.2. The number of likely N-dealkylation sites (N-methyl/N-ethyl adjacent to an activating group) is 1. The highest BCUT2D eigenvalue weighted by Crippen LogP contribution is 2.43. The van der Waals surface area contributed by atoms with Gasteiger partial charge in [0.2, 0.25) is 0 Å². The van der Waals surface area contributed by atoms with Crippen molar-refractivity contribution < 1.29 is 37.3 Å². The van der Waals surface area contributed by atoms with Gasteiger partial charge in [0, 0.05) is 13.0 Å². The number of carbonyl (C=O) groups excluding carboxylic acids is 1. The number of hydrogen-bond donors (Lipinski definition) is 1. The first kappa shape index (κ1) is 59.0. The summed E-state index contributed by atoms with van der Waals surface area (Å²) in [6, 6.07) is 0. The van der Waals surface area contributed by atoms with Crippen LogP contribution in [0.1, 0.15) is 239 Å². The smallest absolute Gasteiger partial charge is 0.457 e. The van der Waals surface area contributed by atoms with Crippen LogP contribution in [0.2, 0.25) is 0 Å². The zero-order valence-electron chi connectivity index (χ0n) is 40.5. The number of esters is 1. The van der Waals surface area contributed by atoms with Crippen LogP contribution in [-0.2, 0) is 27.9 Å². The molecule has 0 aliphatic heterocycles. The molecular formula is C51H101NO7P+. The number of nitrogens with zero attached hydrogens (tertiary/aromatic N) is 1. The molecule has 0 fully saturated rings. The lowest BCUT2D eigenvalue weighted by Gasteiger charge is -2.24. The molecule has 0 radical (unpaired) electrons. The van der Waals surface area contributed by atoms with Crippen LogP contribution in [-0.4, -0.2) is 75.6 Å². The summed E-state index contributed by atoms with van der Waals surface area (Å²) in [4.78, 5) is 23.0. The summed E-state index contributed by atoms with van der Waals surface area (Å²) in [5, 5.41) is 0. The fraction of sp³-hybridized carbons (Fsp3) is 0.902. The molecule has 356 valence electrons. The molecule has 0 saturated carbocycles. The maximum Gasteiger partial charge on any atom is 0.472 e. The molecule has 0 amide bonds. The number of phosphoric ester groups is 1. The Labute approximate surface area is 373 Å². The lowest BCUT2D eigenvalue weighted by molar-refractivity contribution is -0.870. The third kappa shape index (κ3) is 48.0. The average Bonchev–Trinajstić information content (AvgIpc) is 3.20. The first-order valence-corrected chi connectivity index (χ1v) is 27.1. The predicted molar refractivity (Wildman–Crippen MR) is 257 cm³/mol. The van der Waals surface area contributed by atoms with E-state index in [9.17, 15) is 14.3 Å². The monoisotopic (exact) mass is 871 g/mol. The van der Waals surface area contributed by atoms with Gasteiger partial charge in [-0.3, -0.25) is 13.8 Å². The third-order valence-electron chi connectivity index (χ3n) is 11.3. The lowest BCUT2D eigenvalue weighted by Crippen LogP contribution is -2.37. The Morgan fingerprint density at radius 3 is 1.38 bits per heavy atom. The molecule has 9 heteroatoms. The van der Waals surface area contributed by atoms with E-state index in [4.69, 9.17) is 18.5 Å². The Kier molecular flexibility index (Phi) is 43.8. The van der Waals surface area contributed by atoms with E-state index in [-0.39, 0.29) is 25.8 Å². The highest BCUT2D eigenvalue weighted by atomic mass is 31.2. The van der Waals surface area contributed by atoms with Crippen molar-refractivity contribution in [3.8, 4) is 0 Å². The Bertz CT molecular complexity index is 1010. The molecule has 2 unspecified atom stereocenters. The molecule has 0 aromatic carbocycles. The fourth-order valence-electron chi connectivity index (χ4n) is 7.29. The van der Waals surface area contributed by atoms with Crippen molar-refractivity contribution in [2.45, 2.75) is 245 Å². The van der Waals surface area contributed by atoms with Gasteiger partial charge in [0.05, 0.1) is 34.4 Å². The minimum absolute atomic E-state index is 0.0901. The molecule has 0 rings (SSSR count). The maximum absolute atomic E-state index is 12.8. The van der Waals surface area contributed by atoms with Crippen molar-refractivity contribution in [1.82, 2.24) is 0 Å². The molecule has 0 heterocycles. The largest absolute Gasteiger partial charge is 0.472 e. The minimum Gasteiger partial charge on any atom is -0.457 e. The number of phosphoric acid groups is 1. The van der Waals surface area contributed by atoms with Crippen molar-refractivity contribution in [3.63, 3.8) is 0 Å². The second-order valence-electron chi connectivity index (χ2n) is 18.6. The van der Waals surface area contributed by atoms with Gasteiger partial charge in [0.1, 0.15) is 19.3 Å². The van der Waals surface area contributed by atoms with Crippen LogP contribution in [0.4, 0.5) is 0 Å². The van der Waals surface area contributed by atoms with Gasteiger partial charge in [-0.25, -0.2) is 4.57 Å². The molecule has 0 aliphatic rings. The second kappa shape index (κ2) is 44.6. The van der Waals surface area contributed by atoms with Gasteiger partial charge in [0.25, 0.3) is 0 Å². The first-order valence-electron chi connectivity index (χ1n) is 25.6. The van der Waals surface area contributed by atoms with Gasteiger partial charge in [-0.2, -0.15) is 0 Å². The number of hydrogen-bond acceptors (Lipinski definition) is 6. The molecule has 0 aromatic rings. The summed E-state index contributed by atoms with van der Waals surface area (Å²) in [7, 11) is 1.68. The highest BCUT2D eigenvalue weighted by Gasteiger charge is 2.26. The van der Waals surface area contributed by atoms with E-state index in [1.165, 1.54) is 180 Å². The molecule has 0 spiro atoms. The normalized spacial score (nSPS) is 13.8. The Balaban J connectivity index is 4.12. The van der Waals surface area contributed by atoms with Crippen molar-refractivity contribution in [2.24, 2.45) is 0 Å². The summed E-state index contributed by atoms with van der Waals surface area (Å²) in [6.07, 6.45) is 52.1. The van der Waals surface area contributed by atoms with Crippen molar-refractivity contribution >= 4 is 13.8 Å². The summed E-state index contributed by atoms with van der Waals surface area (Å²) < 4.78 is 35.2. The van der Waals surface area contributed by atoms with E-state index in [0.29, 0.717) is 24.1 Å². The molecule has 0 saturated heterocycles. The minimum atomic E-state index is -4.28. The van der Waals surface area contributed by atoms with Crippen LogP contribution in [0.15, 0.2) is 24.3 Å². The van der Waals surface area contributed by atoms with E-state index < -0.39 is 13.9 Å². The summed E-state index contributed by atoms with van der Waals surface area (Å²) in [5.74, 6) is -0.313. The number of unbranched alkanes of at least 4 members (excludes halogenated alkanes) is 30. The molecule has 8 nitrogen and oxygen atoms in total. The maximum atomic E-state index is 12.8. The van der Waals surface area contributed by atoms with Crippen molar-refractivity contribution in [2.75, 3.05) is 54.1 Å².